The summed E-state index contributed by atoms with van der Waals surface area (Å²) >= 11 is 0. The molecule has 0 fully saturated rings. The Bertz CT molecular complexity index is 432. The van der Waals surface area contributed by atoms with Crippen molar-refractivity contribution in [3.8, 4) is 0 Å². The van der Waals surface area contributed by atoms with Crippen molar-refractivity contribution in [2.45, 2.75) is 39.3 Å². The Labute approximate surface area is 114 Å². The first-order valence-corrected chi connectivity index (χ1v) is 5.80. The molecular formula is C12H15FO7. The Morgan fingerprint density at radius 1 is 1.20 bits per heavy atom. The fourth-order valence-corrected chi connectivity index (χ4v) is 1.48. The van der Waals surface area contributed by atoms with Gasteiger partial charge in [0.1, 0.15) is 12.4 Å². The van der Waals surface area contributed by atoms with Crippen LogP contribution in [0.3, 0.4) is 0 Å². The topological polar surface area (TPSA) is 88.1 Å². The quantitative estimate of drug-likeness (QED) is 0.554. The van der Waals surface area contributed by atoms with Gasteiger partial charge >= 0.3 is 17.9 Å². The summed E-state index contributed by atoms with van der Waals surface area (Å²) in [5, 5.41) is 0. The van der Waals surface area contributed by atoms with Crippen molar-refractivity contribution < 1.29 is 37.7 Å². The highest BCUT2D eigenvalue weighted by atomic mass is 19.1. The highest BCUT2D eigenvalue weighted by Gasteiger charge is 2.36. The summed E-state index contributed by atoms with van der Waals surface area (Å²) in [6.07, 6.45) is -3.35. The second kappa shape index (κ2) is 6.99. The number of ether oxygens (including phenoxy) is 4. The van der Waals surface area contributed by atoms with Crippen LogP contribution < -0.4 is 0 Å². The normalized spacial score (nSPS) is 25.4. The van der Waals surface area contributed by atoms with Gasteiger partial charge < -0.3 is 18.9 Å². The lowest BCUT2D eigenvalue weighted by molar-refractivity contribution is -0.212. The third-order valence-corrected chi connectivity index (χ3v) is 2.18. The first-order chi connectivity index (χ1) is 9.29. The van der Waals surface area contributed by atoms with E-state index in [1.54, 1.807) is 0 Å². The van der Waals surface area contributed by atoms with Gasteiger partial charge in [0.25, 0.3) is 0 Å². The molecule has 20 heavy (non-hydrogen) atoms. The molecule has 0 N–H and O–H groups in total. The van der Waals surface area contributed by atoms with Crippen LogP contribution in [0.15, 0.2) is 11.8 Å². The lowest BCUT2D eigenvalue weighted by atomic mass is 10.2. The highest BCUT2D eigenvalue weighted by molar-refractivity contribution is 5.68. The fraction of sp³-hybridized carbons (Fsp3) is 0.583. The fourth-order valence-electron chi connectivity index (χ4n) is 1.48. The van der Waals surface area contributed by atoms with Gasteiger partial charge in [-0.15, -0.1) is 0 Å². The lowest BCUT2D eigenvalue weighted by Crippen LogP contribution is -2.41. The van der Waals surface area contributed by atoms with E-state index in [2.05, 4.69) is 4.74 Å². The van der Waals surface area contributed by atoms with E-state index < -0.39 is 36.5 Å². The average Bonchev–Trinajstić information content (AvgIpc) is 2.29. The van der Waals surface area contributed by atoms with Crippen LogP contribution in [0.2, 0.25) is 0 Å². The molecule has 0 aromatic heterocycles. The van der Waals surface area contributed by atoms with Gasteiger partial charge in [-0.25, -0.2) is 4.39 Å². The van der Waals surface area contributed by atoms with Crippen molar-refractivity contribution in [1.29, 1.82) is 0 Å². The zero-order valence-electron chi connectivity index (χ0n) is 11.3. The number of carbonyl (C=O) groups is 3. The van der Waals surface area contributed by atoms with Gasteiger partial charge in [-0.2, -0.15) is 0 Å². The summed E-state index contributed by atoms with van der Waals surface area (Å²) in [7, 11) is 0. The van der Waals surface area contributed by atoms with Crippen molar-refractivity contribution >= 4 is 17.9 Å². The molecule has 1 aliphatic rings. The minimum atomic E-state index is -1.79. The second-order valence-corrected chi connectivity index (χ2v) is 4.01. The van der Waals surface area contributed by atoms with E-state index in [0.717, 1.165) is 19.9 Å². The van der Waals surface area contributed by atoms with Crippen LogP contribution in [-0.4, -0.2) is 43.1 Å². The monoisotopic (exact) mass is 290 g/mol. The van der Waals surface area contributed by atoms with Crippen molar-refractivity contribution in [2.75, 3.05) is 6.61 Å². The van der Waals surface area contributed by atoms with E-state index in [1.165, 1.54) is 6.92 Å². The number of hydrogen-bond donors (Lipinski definition) is 0. The first kappa shape index (κ1) is 16.1. The van der Waals surface area contributed by atoms with Crippen molar-refractivity contribution in [3.05, 3.63) is 11.8 Å². The number of hydrogen-bond acceptors (Lipinski definition) is 7. The number of rotatable bonds is 4. The molecule has 0 aliphatic carbocycles. The Hall–Kier alpha value is -1.96. The molecule has 7 nitrogen and oxygen atoms in total. The number of carbonyl (C=O) groups excluding carboxylic acids is 3. The molecule has 1 rings (SSSR count). The summed E-state index contributed by atoms with van der Waals surface area (Å²) in [6.45, 7) is 3.12. The molecule has 3 unspecified atom stereocenters. The summed E-state index contributed by atoms with van der Waals surface area (Å²) in [5.41, 5.74) is 0. The van der Waals surface area contributed by atoms with E-state index in [1.807, 2.05) is 0 Å². The molecule has 0 radical (unpaired) electrons. The Kier molecular flexibility index (Phi) is 5.63. The number of alkyl halides is 1. The molecule has 0 amide bonds. The van der Waals surface area contributed by atoms with E-state index in [9.17, 15) is 18.8 Å². The standard InChI is InChI=1S/C12H15FO7/c1-6(14)17-5-11-10(18-7(2)15)4-9(13)12(20-11)19-8(3)16/h4,9,11-12H,5H2,1-3H3. The van der Waals surface area contributed by atoms with Gasteiger partial charge in [-0.3, -0.25) is 14.4 Å². The van der Waals surface area contributed by atoms with Gasteiger partial charge in [-0.05, 0) is 6.08 Å². The molecule has 0 saturated carbocycles. The first-order valence-electron chi connectivity index (χ1n) is 5.80. The molecule has 8 heteroatoms. The SMILES string of the molecule is CC(=O)OCC1OC(OC(C)=O)C(F)C=C1OC(C)=O. The molecule has 1 aliphatic heterocycles. The summed E-state index contributed by atoms with van der Waals surface area (Å²) in [5.74, 6) is -2.11. The predicted octanol–water partition coefficient (Wildman–Crippen LogP) is 0.623. The zero-order valence-corrected chi connectivity index (χ0v) is 11.3. The Morgan fingerprint density at radius 3 is 2.35 bits per heavy atom. The van der Waals surface area contributed by atoms with Gasteiger partial charge in [0, 0.05) is 20.8 Å². The molecule has 1 heterocycles. The summed E-state index contributed by atoms with van der Waals surface area (Å²) < 4.78 is 33.0. The van der Waals surface area contributed by atoms with E-state index in [4.69, 9.17) is 14.2 Å². The zero-order chi connectivity index (χ0) is 15.3. The third kappa shape index (κ3) is 4.96. The predicted molar refractivity (Wildman–Crippen MR) is 61.8 cm³/mol. The number of halogens is 1. The van der Waals surface area contributed by atoms with Crippen LogP contribution in [0.25, 0.3) is 0 Å². The molecule has 112 valence electrons. The smallest absolute Gasteiger partial charge is 0.307 e. The Balaban J connectivity index is 2.83. The minimum absolute atomic E-state index is 0.130. The Morgan fingerprint density at radius 2 is 1.85 bits per heavy atom. The number of esters is 3. The average molecular weight is 290 g/mol. The van der Waals surface area contributed by atoms with Crippen LogP contribution in [0.4, 0.5) is 4.39 Å². The van der Waals surface area contributed by atoms with E-state index >= 15 is 0 Å². The molecular weight excluding hydrogens is 275 g/mol. The molecule has 0 spiro atoms. The molecule has 0 bridgehead atoms. The van der Waals surface area contributed by atoms with E-state index in [0.29, 0.717) is 0 Å². The molecule has 0 saturated heterocycles. The van der Waals surface area contributed by atoms with Crippen LogP contribution in [0.5, 0.6) is 0 Å². The van der Waals surface area contributed by atoms with Crippen LogP contribution >= 0.6 is 0 Å². The summed E-state index contributed by atoms with van der Waals surface area (Å²) in [4.78, 5) is 32.5. The van der Waals surface area contributed by atoms with Gasteiger partial charge in [-0.1, -0.05) is 0 Å². The largest absolute Gasteiger partial charge is 0.463 e. The highest BCUT2D eigenvalue weighted by Crippen LogP contribution is 2.24. The van der Waals surface area contributed by atoms with Crippen LogP contribution in [0, 0.1) is 0 Å². The van der Waals surface area contributed by atoms with Crippen LogP contribution in [0.1, 0.15) is 20.8 Å². The molecule has 3 atom stereocenters. The third-order valence-electron chi connectivity index (χ3n) is 2.18. The maximum atomic E-state index is 13.7. The maximum Gasteiger partial charge on any atom is 0.307 e. The summed E-state index contributed by atoms with van der Waals surface area (Å²) in [6, 6.07) is 0. The minimum Gasteiger partial charge on any atom is -0.463 e. The van der Waals surface area contributed by atoms with Gasteiger partial charge in [0.15, 0.2) is 12.3 Å². The molecule has 0 aromatic carbocycles. The van der Waals surface area contributed by atoms with Crippen molar-refractivity contribution in [2.24, 2.45) is 0 Å². The lowest BCUT2D eigenvalue weighted by Gasteiger charge is -2.30. The van der Waals surface area contributed by atoms with E-state index in [-0.39, 0.29) is 12.4 Å². The second-order valence-electron chi connectivity index (χ2n) is 4.01. The maximum absolute atomic E-state index is 13.7. The van der Waals surface area contributed by atoms with Crippen molar-refractivity contribution in [3.63, 3.8) is 0 Å². The van der Waals surface area contributed by atoms with Gasteiger partial charge in [0.05, 0.1) is 0 Å². The molecule has 0 aromatic rings. The van der Waals surface area contributed by atoms with Crippen molar-refractivity contribution in [1.82, 2.24) is 0 Å². The van der Waals surface area contributed by atoms with Gasteiger partial charge in [0.2, 0.25) is 6.29 Å². The van der Waals surface area contributed by atoms with Crippen LogP contribution in [-0.2, 0) is 33.3 Å².